The zero-order valence-electron chi connectivity index (χ0n) is 8.17. The summed E-state index contributed by atoms with van der Waals surface area (Å²) in [6, 6.07) is 7.54. The summed E-state index contributed by atoms with van der Waals surface area (Å²) < 4.78 is 14.7. The Hall–Kier alpha value is -1.09. The van der Waals surface area contributed by atoms with E-state index >= 15 is 0 Å². The molecule has 2 rings (SSSR count). The summed E-state index contributed by atoms with van der Waals surface area (Å²) in [6.45, 7) is 3.14. The maximum atomic E-state index is 13.6. The Balaban J connectivity index is 2.63. The van der Waals surface area contributed by atoms with Gasteiger partial charge in [0.05, 0.1) is 0 Å². The Labute approximate surface area is 86.4 Å². The predicted octanol–water partition coefficient (Wildman–Crippen LogP) is 3.69. The molecule has 14 heavy (non-hydrogen) atoms. The lowest BCUT2D eigenvalue weighted by molar-refractivity contribution is 0.227. The summed E-state index contributed by atoms with van der Waals surface area (Å²) in [5, 5.41) is 1.06. The molecule has 0 bridgehead atoms. The second-order valence-electron chi connectivity index (χ2n) is 3.88. The Kier molecular flexibility index (Phi) is 2.00. The van der Waals surface area contributed by atoms with Gasteiger partial charge in [-0.15, -0.1) is 11.3 Å². The fraction of sp³-hybridized carbons (Fsp3) is 0.273. The molecule has 0 spiro atoms. The Morgan fingerprint density at radius 2 is 2.00 bits per heavy atom. The van der Waals surface area contributed by atoms with E-state index < -0.39 is 5.67 Å². The van der Waals surface area contributed by atoms with Gasteiger partial charge in [0.1, 0.15) is 5.67 Å². The molecular weight excluding hydrogens is 197 g/mol. The van der Waals surface area contributed by atoms with E-state index in [2.05, 4.69) is 0 Å². The molecule has 0 atom stereocenters. The highest BCUT2D eigenvalue weighted by molar-refractivity contribution is 7.19. The molecule has 0 aliphatic carbocycles. The summed E-state index contributed by atoms with van der Waals surface area (Å²) >= 11 is 1.46. The van der Waals surface area contributed by atoms with Crippen molar-refractivity contribution >= 4 is 27.1 Å². The molecule has 1 heterocycles. The maximum absolute atomic E-state index is 13.6. The van der Waals surface area contributed by atoms with Gasteiger partial charge in [-0.25, -0.2) is 4.39 Å². The fourth-order valence-corrected chi connectivity index (χ4v) is 2.45. The molecule has 3 heteroatoms. The number of halogens is 1. The average Bonchev–Trinajstić information content (AvgIpc) is 2.45. The monoisotopic (exact) mass is 209 g/mol. The van der Waals surface area contributed by atoms with Crippen LogP contribution in [0.15, 0.2) is 24.3 Å². The molecule has 0 fully saturated rings. The lowest BCUT2D eigenvalue weighted by Gasteiger charge is -2.09. The van der Waals surface area contributed by atoms with Gasteiger partial charge in [0.2, 0.25) is 0 Å². The molecule has 0 aliphatic heterocycles. The van der Waals surface area contributed by atoms with Crippen LogP contribution in [0, 0.1) is 0 Å². The van der Waals surface area contributed by atoms with E-state index in [-0.39, 0.29) is 0 Å². The van der Waals surface area contributed by atoms with Crippen molar-refractivity contribution in [2.75, 3.05) is 5.73 Å². The third-order valence-electron chi connectivity index (χ3n) is 2.13. The standard InChI is InChI=1S/C11H12FNS/c1-11(2,12)10-5-7-3-4-8(13)6-9(7)14-10/h3-6H,13H2,1-2H3. The number of alkyl halides is 1. The summed E-state index contributed by atoms with van der Waals surface area (Å²) in [5.74, 6) is 0. The van der Waals surface area contributed by atoms with Crippen molar-refractivity contribution in [1.82, 2.24) is 0 Å². The second kappa shape index (κ2) is 2.95. The van der Waals surface area contributed by atoms with Gasteiger partial charge in [0.15, 0.2) is 0 Å². The largest absolute Gasteiger partial charge is 0.399 e. The quantitative estimate of drug-likeness (QED) is 0.712. The molecule has 1 aromatic heterocycles. The van der Waals surface area contributed by atoms with Crippen LogP contribution in [0.25, 0.3) is 10.1 Å². The first-order valence-corrected chi connectivity index (χ1v) is 5.27. The van der Waals surface area contributed by atoms with Crippen LogP contribution in [-0.4, -0.2) is 0 Å². The van der Waals surface area contributed by atoms with Crippen LogP contribution in [0.2, 0.25) is 0 Å². The molecule has 0 amide bonds. The van der Waals surface area contributed by atoms with Crippen molar-refractivity contribution < 1.29 is 4.39 Å². The van der Waals surface area contributed by atoms with Crippen LogP contribution in [-0.2, 0) is 5.67 Å². The van der Waals surface area contributed by atoms with E-state index in [1.54, 1.807) is 13.8 Å². The maximum Gasteiger partial charge on any atom is 0.139 e. The van der Waals surface area contributed by atoms with Crippen LogP contribution in [0.4, 0.5) is 10.1 Å². The molecule has 74 valence electrons. The first kappa shape index (κ1) is 9.46. The number of nitrogens with two attached hydrogens (primary N) is 1. The lowest BCUT2D eigenvalue weighted by Crippen LogP contribution is -2.05. The molecule has 2 aromatic rings. The SMILES string of the molecule is CC(C)(F)c1cc2ccc(N)cc2s1. The van der Waals surface area contributed by atoms with Crippen molar-refractivity contribution in [3.63, 3.8) is 0 Å². The predicted molar refractivity (Wildman–Crippen MR) is 60.4 cm³/mol. The van der Waals surface area contributed by atoms with E-state index in [4.69, 9.17) is 5.73 Å². The van der Waals surface area contributed by atoms with Crippen LogP contribution in [0.3, 0.4) is 0 Å². The first-order valence-electron chi connectivity index (χ1n) is 4.45. The van der Waals surface area contributed by atoms with E-state index in [1.165, 1.54) is 11.3 Å². The van der Waals surface area contributed by atoms with E-state index in [0.29, 0.717) is 0 Å². The number of thiophene rings is 1. The number of nitrogen functional groups attached to an aromatic ring is 1. The van der Waals surface area contributed by atoms with Crippen molar-refractivity contribution in [1.29, 1.82) is 0 Å². The van der Waals surface area contributed by atoms with Gasteiger partial charge in [0, 0.05) is 15.3 Å². The average molecular weight is 209 g/mol. The summed E-state index contributed by atoms with van der Waals surface area (Å²) in [4.78, 5) is 0.748. The van der Waals surface area contributed by atoms with Crippen molar-refractivity contribution in [2.45, 2.75) is 19.5 Å². The summed E-state index contributed by atoms with van der Waals surface area (Å²) in [5.41, 5.74) is 5.11. The third-order valence-corrected chi connectivity index (χ3v) is 3.53. The van der Waals surface area contributed by atoms with E-state index in [1.807, 2.05) is 24.3 Å². The van der Waals surface area contributed by atoms with Gasteiger partial charge in [-0.05, 0) is 37.4 Å². The van der Waals surface area contributed by atoms with Crippen LogP contribution < -0.4 is 5.73 Å². The smallest absolute Gasteiger partial charge is 0.139 e. The minimum atomic E-state index is -1.27. The van der Waals surface area contributed by atoms with Crippen LogP contribution in [0.1, 0.15) is 18.7 Å². The molecule has 0 radical (unpaired) electrons. The molecule has 1 aromatic carbocycles. The van der Waals surface area contributed by atoms with Crippen LogP contribution >= 0.6 is 11.3 Å². The fourth-order valence-electron chi connectivity index (χ4n) is 1.34. The first-order chi connectivity index (χ1) is 6.47. The zero-order chi connectivity index (χ0) is 10.3. The Bertz CT molecular complexity index is 468. The van der Waals surface area contributed by atoms with Gasteiger partial charge in [-0.1, -0.05) is 6.07 Å². The van der Waals surface area contributed by atoms with E-state index in [0.717, 1.165) is 20.7 Å². The van der Waals surface area contributed by atoms with Crippen molar-refractivity contribution in [3.8, 4) is 0 Å². The van der Waals surface area contributed by atoms with Crippen LogP contribution in [0.5, 0.6) is 0 Å². The molecular formula is C11H12FNS. The minimum absolute atomic E-state index is 0.725. The van der Waals surface area contributed by atoms with Gasteiger partial charge in [0.25, 0.3) is 0 Å². The number of fused-ring (bicyclic) bond motifs is 1. The number of anilines is 1. The van der Waals surface area contributed by atoms with Gasteiger partial charge in [-0.2, -0.15) is 0 Å². The highest BCUT2D eigenvalue weighted by atomic mass is 32.1. The third kappa shape index (κ3) is 1.60. The number of rotatable bonds is 1. The molecule has 1 nitrogen and oxygen atoms in total. The van der Waals surface area contributed by atoms with Gasteiger partial charge >= 0.3 is 0 Å². The van der Waals surface area contributed by atoms with Gasteiger partial charge in [-0.3, -0.25) is 0 Å². The molecule has 0 unspecified atom stereocenters. The zero-order valence-corrected chi connectivity index (χ0v) is 8.99. The summed E-state index contributed by atoms with van der Waals surface area (Å²) in [6.07, 6.45) is 0. The number of hydrogen-bond donors (Lipinski definition) is 1. The Morgan fingerprint density at radius 1 is 1.29 bits per heavy atom. The number of benzene rings is 1. The molecule has 0 aliphatic rings. The van der Waals surface area contributed by atoms with Gasteiger partial charge < -0.3 is 5.73 Å². The number of hydrogen-bond acceptors (Lipinski definition) is 2. The molecule has 2 N–H and O–H groups in total. The van der Waals surface area contributed by atoms with Crippen molar-refractivity contribution in [2.24, 2.45) is 0 Å². The highest BCUT2D eigenvalue weighted by Crippen LogP contribution is 2.35. The van der Waals surface area contributed by atoms with Crippen molar-refractivity contribution in [3.05, 3.63) is 29.1 Å². The molecule has 0 saturated heterocycles. The highest BCUT2D eigenvalue weighted by Gasteiger charge is 2.21. The topological polar surface area (TPSA) is 26.0 Å². The second-order valence-corrected chi connectivity index (χ2v) is 4.96. The lowest BCUT2D eigenvalue weighted by atomic mass is 10.1. The summed E-state index contributed by atoms with van der Waals surface area (Å²) in [7, 11) is 0. The van der Waals surface area contributed by atoms with E-state index in [9.17, 15) is 4.39 Å². The molecule has 0 saturated carbocycles. The Morgan fingerprint density at radius 3 is 2.64 bits per heavy atom. The minimum Gasteiger partial charge on any atom is -0.399 e. The normalized spacial score (nSPS) is 12.2.